The maximum absolute atomic E-state index is 2.45. The Kier molecular flexibility index (Phi) is 7.75. The number of rotatable bonds is 7. The van der Waals surface area contributed by atoms with E-state index in [0.29, 0.717) is 0 Å². The van der Waals surface area contributed by atoms with Crippen LogP contribution in [0.4, 0.5) is 17.1 Å². The van der Waals surface area contributed by atoms with Crippen LogP contribution < -0.4 is 4.90 Å². The van der Waals surface area contributed by atoms with Crippen molar-refractivity contribution in [1.82, 2.24) is 4.57 Å². The van der Waals surface area contributed by atoms with Gasteiger partial charge in [-0.25, -0.2) is 0 Å². The molecule has 1 heterocycles. The number of nitrogens with zero attached hydrogens (tertiary/aromatic N) is 2. The lowest BCUT2D eigenvalue weighted by Gasteiger charge is -2.35. The molecule has 0 aliphatic heterocycles. The lowest BCUT2D eigenvalue weighted by molar-refractivity contribution is 0.768. The van der Waals surface area contributed by atoms with Gasteiger partial charge in [-0.15, -0.1) is 0 Å². The van der Waals surface area contributed by atoms with Crippen LogP contribution >= 0.6 is 0 Å². The second-order valence-corrected chi connectivity index (χ2v) is 14.9. The van der Waals surface area contributed by atoms with E-state index in [4.69, 9.17) is 0 Å². The van der Waals surface area contributed by atoms with E-state index >= 15 is 0 Å². The molecule has 9 aromatic carbocycles. The van der Waals surface area contributed by atoms with E-state index in [1.807, 2.05) is 0 Å². The van der Waals surface area contributed by atoms with Gasteiger partial charge in [-0.2, -0.15) is 0 Å². The third kappa shape index (κ3) is 5.11. The molecule has 0 N–H and O–H groups in total. The third-order valence-electron chi connectivity index (χ3n) is 11.9. The Bertz CT molecular complexity index is 3020. The van der Waals surface area contributed by atoms with Crippen molar-refractivity contribution in [3.8, 4) is 27.9 Å². The van der Waals surface area contributed by atoms with Crippen molar-refractivity contribution < 1.29 is 0 Å². The van der Waals surface area contributed by atoms with Gasteiger partial charge in [0.25, 0.3) is 0 Å². The Labute approximate surface area is 333 Å². The largest absolute Gasteiger partial charge is 0.310 e. The highest BCUT2D eigenvalue weighted by Crippen LogP contribution is 2.57. The second kappa shape index (κ2) is 13.4. The molecule has 0 fully saturated rings. The zero-order chi connectivity index (χ0) is 37.8. The van der Waals surface area contributed by atoms with Crippen molar-refractivity contribution in [1.29, 1.82) is 0 Å². The van der Waals surface area contributed by atoms with Crippen molar-refractivity contribution in [2.45, 2.75) is 5.41 Å². The van der Waals surface area contributed by atoms with Crippen molar-refractivity contribution >= 4 is 38.9 Å². The smallest absolute Gasteiger partial charge is 0.0714 e. The summed E-state index contributed by atoms with van der Waals surface area (Å²) >= 11 is 0. The van der Waals surface area contributed by atoms with Gasteiger partial charge < -0.3 is 9.47 Å². The molecule has 57 heavy (non-hydrogen) atoms. The van der Waals surface area contributed by atoms with E-state index in [1.54, 1.807) is 0 Å². The van der Waals surface area contributed by atoms with Crippen LogP contribution in [0.2, 0.25) is 0 Å². The van der Waals surface area contributed by atoms with Crippen LogP contribution in [0.15, 0.2) is 231 Å². The molecule has 0 radical (unpaired) electrons. The number of benzene rings is 9. The minimum Gasteiger partial charge on any atom is -0.310 e. The Morgan fingerprint density at radius 1 is 0.333 bits per heavy atom. The predicted molar refractivity (Wildman–Crippen MR) is 238 cm³/mol. The van der Waals surface area contributed by atoms with Gasteiger partial charge in [0.05, 0.1) is 22.1 Å². The number of hydrogen-bond acceptors (Lipinski definition) is 1. The molecule has 11 rings (SSSR count). The van der Waals surface area contributed by atoms with Crippen LogP contribution in [-0.2, 0) is 5.41 Å². The lowest BCUT2D eigenvalue weighted by Crippen LogP contribution is -2.28. The van der Waals surface area contributed by atoms with Crippen molar-refractivity contribution in [2.75, 3.05) is 4.90 Å². The second-order valence-electron chi connectivity index (χ2n) is 14.9. The third-order valence-corrected chi connectivity index (χ3v) is 11.9. The fourth-order valence-electron chi connectivity index (χ4n) is 9.48. The molecule has 1 aliphatic carbocycles. The first-order chi connectivity index (χ1) is 28.3. The average Bonchev–Trinajstić information content (AvgIpc) is 3.78. The van der Waals surface area contributed by atoms with Gasteiger partial charge in [0.2, 0.25) is 0 Å². The molecule has 2 heteroatoms. The fraction of sp³-hybridized carbons (Fsp3) is 0.0182. The number of aromatic nitrogens is 1. The Balaban J connectivity index is 1.17. The predicted octanol–water partition coefficient (Wildman–Crippen LogP) is 14.3. The van der Waals surface area contributed by atoms with Gasteiger partial charge in [-0.05, 0) is 87.5 Å². The molecule has 10 aromatic rings. The molecule has 1 aliphatic rings. The molecule has 268 valence electrons. The Hall–Kier alpha value is -7.42. The summed E-state index contributed by atoms with van der Waals surface area (Å²) in [6.07, 6.45) is 0. The quantitative estimate of drug-likeness (QED) is 0.159. The monoisotopic (exact) mass is 726 g/mol. The average molecular weight is 727 g/mol. The van der Waals surface area contributed by atoms with Crippen LogP contribution in [-0.4, -0.2) is 4.57 Å². The highest BCUT2D eigenvalue weighted by Gasteiger charge is 2.46. The molecule has 0 saturated carbocycles. The van der Waals surface area contributed by atoms with Crippen molar-refractivity contribution in [3.05, 3.63) is 253 Å². The van der Waals surface area contributed by atoms with Crippen molar-refractivity contribution in [2.24, 2.45) is 0 Å². The number of anilines is 3. The first kappa shape index (κ1) is 33.0. The molecular formula is C55H38N2. The van der Waals surface area contributed by atoms with Gasteiger partial charge in [0.15, 0.2) is 0 Å². The molecule has 0 atom stereocenters. The van der Waals surface area contributed by atoms with E-state index in [-0.39, 0.29) is 0 Å². The van der Waals surface area contributed by atoms with Crippen LogP contribution in [0.5, 0.6) is 0 Å². The maximum Gasteiger partial charge on any atom is 0.0714 e. The van der Waals surface area contributed by atoms with Gasteiger partial charge in [0.1, 0.15) is 0 Å². The van der Waals surface area contributed by atoms with Gasteiger partial charge in [-0.3, -0.25) is 0 Å². The minimum absolute atomic E-state index is 0.496. The van der Waals surface area contributed by atoms with Crippen LogP contribution in [0.1, 0.15) is 22.3 Å². The molecule has 0 unspecified atom stereocenters. The summed E-state index contributed by atoms with van der Waals surface area (Å²) in [5, 5.41) is 2.46. The topological polar surface area (TPSA) is 8.17 Å². The van der Waals surface area contributed by atoms with Gasteiger partial charge in [0, 0.05) is 33.4 Å². The van der Waals surface area contributed by atoms with Crippen molar-refractivity contribution in [3.63, 3.8) is 0 Å². The highest BCUT2D eigenvalue weighted by atomic mass is 15.1. The summed E-state index contributed by atoms with van der Waals surface area (Å²) in [5.74, 6) is 0. The minimum atomic E-state index is -0.496. The summed E-state index contributed by atoms with van der Waals surface area (Å²) in [4.78, 5) is 2.43. The first-order valence-electron chi connectivity index (χ1n) is 19.7. The summed E-state index contributed by atoms with van der Waals surface area (Å²) in [6, 6.07) is 84.2. The molecular weight excluding hydrogens is 689 g/mol. The van der Waals surface area contributed by atoms with E-state index in [1.165, 1.54) is 60.8 Å². The van der Waals surface area contributed by atoms with Crippen LogP contribution in [0.3, 0.4) is 0 Å². The fourth-order valence-corrected chi connectivity index (χ4v) is 9.48. The molecule has 0 bridgehead atoms. The van der Waals surface area contributed by atoms with E-state index < -0.39 is 5.41 Å². The lowest BCUT2D eigenvalue weighted by atomic mass is 9.67. The van der Waals surface area contributed by atoms with Gasteiger partial charge >= 0.3 is 0 Å². The van der Waals surface area contributed by atoms with Crippen LogP contribution in [0, 0.1) is 0 Å². The summed E-state index contributed by atoms with van der Waals surface area (Å²) in [7, 11) is 0. The normalized spacial score (nSPS) is 12.7. The summed E-state index contributed by atoms with van der Waals surface area (Å²) in [6.45, 7) is 0. The number of hydrogen-bond donors (Lipinski definition) is 0. The van der Waals surface area contributed by atoms with E-state index in [0.717, 1.165) is 28.3 Å². The maximum atomic E-state index is 2.45. The number of fused-ring (bicyclic) bond motifs is 6. The molecule has 0 amide bonds. The summed E-state index contributed by atoms with van der Waals surface area (Å²) < 4.78 is 2.45. The standard InChI is InChI=1S/C55H38N2/c1-5-19-39(20-6-1)45-27-14-17-31-52(45)57-53-32-18-15-29-48(53)49-36-34-44(38-54(49)57)56(42-25-11-4-12-26-42)43-33-35-47-46-28-13-16-30-50(46)55(51(47)37-43,40-21-7-2-8-22-40)41-23-9-3-10-24-41/h1-38H. The molecule has 0 spiro atoms. The first-order valence-corrected chi connectivity index (χ1v) is 19.7. The van der Waals surface area contributed by atoms with Gasteiger partial charge in [-0.1, -0.05) is 182 Å². The Morgan fingerprint density at radius 3 is 1.60 bits per heavy atom. The zero-order valence-electron chi connectivity index (χ0n) is 31.3. The molecule has 1 aromatic heterocycles. The zero-order valence-corrected chi connectivity index (χ0v) is 31.3. The van der Waals surface area contributed by atoms with E-state index in [2.05, 4.69) is 240 Å². The Morgan fingerprint density at radius 2 is 0.860 bits per heavy atom. The van der Waals surface area contributed by atoms with E-state index in [9.17, 15) is 0 Å². The molecule has 2 nitrogen and oxygen atoms in total. The summed E-state index contributed by atoms with van der Waals surface area (Å²) in [5.41, 5.74) is 16.4. The molecule has 0 saturated heterocycles. The van der Waals surface area contributed by atoms with Crippen LogP contribution in [0.25, 0.3) is 49.7 Å². The number of para-hydroxylation sites is 3. The highest BCUT2D eigenvalue weighted by molar-refractivity contribution is 6.11. The SMILES string of the molecule is c1ccc(-c2ccccc2-n2c3ccccc3c3ccc(N(c4ccccc4)c4ccc5c(c4)C(c4ccccc4)(c4ccccc4)c4ccccc4-5)cc32)cc1.